The number of benzene rings is 4. The Balaban J connectivity index is 1.63. The van der Waals surface area contributed by atoms with Gasteiger partial charge in [0.1, 0.15) is 0 Å². The Labute approximate surface area is 203 Å². The van der Waals surface area contributed by atoms with E-state index in [-0.39, 0.29) is 11.5 Å². The van der Waals surface area contributed by atoms with Crippen molar-refractivity contribution in [3.8, 4) is 0 Å². The Bertz CT molecular complexity index is 1220. The highest BCUT2D eigenvalue weighted by Gasteiger charge is 2.36. The monoisotopic (exact) mass is 484 g/mol. The average molecular weight is 485 g/mol. The maximum atomic E-state index is 12.5. The number of hydrogen-bond acceptors (Lipinski definition) is 3. The van der Waals surface area contributed by atoms with Crippen molar-refractivity contribution < 1.29 is 12.6 Å². The van der Waals surface area contributed by atoms with Crippen LogP contribution in [0.4, 0.5) is 0 Å². The van der Waals surface area contributed by atoms with Crippen molar-refractivity contribution in [2.24, 2.45) is 0 Å². The molecule has 0 bridgehead atoms. The maximum absolute atomic E-state index is 12.5. The zero-order valence-electron chi connectivity index (χ0n) is 19.2. The summed E-state index contributed by atoms with van der Waals surface area (Å²) < 4.78 is 30.4. The van der Waals surface area contributed by atoms with Crippen LogP contribution in [0.2, 0.25) is 0 Å². The highest BCUT2D eigenvalue weighted by atomic mass is 32.2. The molecule has 0 aliphatic rings. The van der Waals surface area contributed by atoms with Gasteiger partial charge in [-0.1, -0.05) is 120 Å². The van der Waals surface area contributed by atoms with Crippen molar-refractivity contribution in [2.75, 3.05) is 6.61 Å². The van der Waals surface area contributed by atoms with Gasteiger partial charge in [0.2, 0.25) is 0 Å². The van der Waals surface area contributed by atoms with E-state index >= 15 is 0 Å². The van der Waals surface area contributed by atoms with E-state index in [9.17, 15) is 8.42 Å². The molecule has 4 rings (SSSR count). The first-order chi connectivity index (χ1) is 16.5. The molecule has 34 heavy (non-hydrogen) atoms. The molecule has 0 amide bonds. The Kier molecular flexibility index (Phi) is 7.58. The van der Waals surface area contributed by atoms with E-state index in [1.54, 1.807) is 24.3 Å². The summed E-state index contributed by atoms with van der Waals surface area (Å²) in [7, 11) is -6.25. The van der Waals surface area contributed by atoms with Gasteiger partial charge in [0.25, 0.3) is 10.1 Å². The summed E-state index contributed by atoms with van der Waals surface area (Å²) in [6, 6.07) is 38.4. The zero-order valence-corrected chi connectivity index (χ0v) is 21.0. The van der Waals surface area contributed by atoms with Gasteiger partial charge < -0.3 is 0 Å². The summed E-state index contributed by atoms with van der Waals surface area (Å²) in [6.45, 7) is 2.01. The van der Waals surface area contributed by atoms with E-state index in [1.807, 2.05) is 25.1 Å². The smallest absolute Gasteiger partial charge is 0.266 e. The Morgan fingerprint density at radius 1 is 0.676 bits per heavy atom. The van der Waals surface area contributed by atoms with Gasteiger partial charge in [0.05, 0.1) is 11.5 Å². The first kappa shape index (κ1) is 23.9. The van der Waals surface area contributed by atoms with Crippen LogP contribution in [0.5, 0.6) is 0 Å². The predicted octanol–water partition coefficient (Wildman–Crippen LogP) is 4.36. The van der Waals surface area contributed by atoms with Crippen LogP contribution in [-0.4, -0.2) is 23.1 Å². The third kappa shape index (κ3) is 5.28. The number of hydrogen-bond donors (Lipinski definition) is 0. The van der Waals surface area contributed by atoms with Gasteiger partial charge in [-0.2, -0.15) is 8.42 Å². The molecule has 0 aliphatic heterocycles. The molecule has 0 saturated heterocycles. The molecule has 0 atom stereocenters. The van der Waals surface area contributed by atoms with Crippen LogP contribution in [0.25, 0.3) is 0 Å². The van der Waals surface area contributed by atoms with Gasteiger partial charge in [-0.15, -0.1) is 0 Å². The third-order valence-electron chi connectivity index (χ3n) is 5.89. The summed E-state index contributed by atoms with van der Waals surface area (Å²) in [5, 5.41) is 3.82. The number of rotatable bonds is 9. The second kappa shape index (κ2) is 10.8. The normalized spacial score (nSPS) is 12.1. The van der Waals surface area contributed by atoms with E-state index in [0.29, 0.717) is 6.42 Å². The van der Waals surface area contributed by atoms with Gasteiger partial charge in [-0.25, -0.2) is 0 Å². The van der Waals surface area contributed by atoms with Crippen LogP contribution >= 0.6 is 0 Å². The number of aryl methyl sites for hydroxylation is 1. The van der Waals surface area contributed by atoms with Gasteiger partial charge in [-0.3, -0.25) is 4.18 Å². The van der Waals surface area contributed by atoms with Crippen molar-refractivity contribution in [3.63, 3.8) is 0 Å². The van der Waals surface area contributed by atoms with E-state index < -0.39 is 18.2 Å². The van der Waals surface area contributed by atoms with Crippen LogP contribution in [0.3, 0.4) is 0 Å². The lowest BCUT2D eigenvalue weighted by Crippen LogP contribution is -2.66. The van der Waals surface area contributed by atoms with Gasteiger partial charge in [0.15, 0.2) is 8.07 Å². The Hall–Kier alpha value is -3.25. The van der Waals surface area contributed by atoms with E-state index in [4.69, 9.17) is 4.18 Å². The van der Waals surface area contributed by atoms with Gasteiger partial charge in [0, 0.05) is 0 Å². The largest absolute Gasteiger partial charge is 0.296 e. The molecule has 0 aromatic heterocycles. The molecule has 0 aliphatic carbocycles. The summed E-state index contributed by atoms with van der Waals surface area (Å²) >= 11 is 0. The van der Waals surface area contributed by atoms with Crippen LogP contribution < -0.4 is 15.6 Å². The predicted molar refractivity (Wildman–Crippen MR) is 142 cm³/mol. The SMILES string of the molecule is Cc1ccc(S(=O)(=O)OCC/C=C/[Si](c2ccccc2)(c2ccccc2)c2ccccc2)cc1. The van der Waals surface area contributed by atoms with Crippen LogP contribution in [0.1, 0.15) is 12.0 Å². The van der Waals surface area contributed by atoms with Crippen LogP contribution in [0, 0.1) is 6.92 Å². The summed E-state index contributed by atoms with van der Waals surface area (Å²) in [5.74, 6) is 0. The van der Waals surface area contributed by atoms with E-state index in [0.717, 1.165) is 5.56 Å². The summed E-state index contributed by atoms with van der Waals surface area (Å²) in [6.07, 6.45) is 2.57. The first-order valence-corrected chi connectivity index (χ1v) is 14.8. The molecule has 0 heterocycles. The topological polar surface area (TPSA) is 43.4 Å². The molecule has 3 nitrogen and oxygen atoms in total. The van der Waals surface area contributed by atoms with Crippen molar-refractivity contribution in [2.45, 2.75) is 18.2 Å². The van der Waals surface area contributed by atoms with Crippen molar-refractivity contribution in [1.29, 1.82) is 0 Å². The minimum Gasteiger partial charge on any atom is -0.266 e. The lowest BCUT2D eigenvalue weighted by molar-refractivity contribution is 0.324. The summed E-state index contributed by atoms with van der Waals surface area (Å²) in [5.41, 5.74) is 3.31. The average Bonchev–Trinajstić information content (AvgIpc) is 2.88. The third-order valence-corrected chi connectivity index (χ3v) is 11.7. The molecule has 0 N–H and O–H groups in total. The van der Waals surface area contributed by atoms with E-state index in [2.05, 4.69) is 84.6 Å². The molecular weight excluding hydrogens is 456 g/mol. The van der Waals surface area contributed by atoms with Crippen LogP contribution in [-0.2, 0) is 14.3 Å². The fourth-order valence-corrected chi connectivity index (χ4v) is 9.32. The van der Waals surface area contributed by atoms with Gasteiger partial charge >= 0.3 is 0 Å². The van der Waals surface area contributed by atoms with Gasteiger partial charge in [-0.05, 0) is 41.0 Å². The fourth-order valence-electron chi connectivity index (χ4n) is 4.15. The maximum Gasteiger partial charge on any atom is 0.296 e. The second-order valence-electron chi connectivity index (χ2n) is 8.19. The molecule has 5 heteroatoms. The second-order valence-corrected chi connectivity index (χ2v) is 13.5. The van der Waals surface area contributed by atoms with Crippen molar-refractivity contribution in [1.82, 2.24) is 0 Å². The highest BCUT2D eigenvalue weighted by molar-refractivity contribution is 7.86. The molecule has 0 spiro atoms. The van der Waals surface area contributed by atoms with E-state index in [1.165, 1.54) is 15.6 Å². The zero-order chi connectivity index (χ0) is 23.9. The molecule has 0 saturated carbocycles. The lowest BCUT2D eigenvalue weighted by atomic mass is 10.2. The molecule has 4 aromatic carbocycles. The quantitative estimate of drug-likeness (QED) is 0.153. The minimum atomic E-state index is -3.77. The fraction of sp³-hybridized carbons (Fsp3) is 0.103. The molecule has 0 unspecified atom stereocenters. The Morgan fingerprint density at radius 2 is 1.12 bits per heavy atom. The summed E-state index contributed by atoms with van der Waals surface area (Å²) in [4.78, 5) is 0.184. The molecule has 4 aromatic rings. The molecule has 0 fully saturated rings. The lowest BCUT2D eigenvalue weighted by Gasteiger charge is -2.30. The minimum absolute atomic E-state index is 0.0928. The first-order valence-electron chi connectivity index (χ1n) is 11.3. The van der Waals surface area contributed by atoms with Crippen LogP contribution in [0.15, 0.2) is 132 Å². The Morgan fingerprint density at radius 3 is 1.56 bits per heavy atom. The highest BCUT2D eigenvalue weighted by Crippen LogP contribution is 2.14. The standard InChI is InChI=1S/C29H28O3SSi/c1-25-19-21-26(22-20-25)33(30,31)32-23-11-12-24-34(27-13-5-2-6-14-27,28-15-7-3-8-16-28)29-17-9-4-10-18-29/h2-10,12-22,24H,11,23H2,1H3/b24-12+. The van der Waals surface area contributed by atoms with Crippen molar-refractivity contribution >= 4 is 33.8 Å². The molecule has 0 radical (unpaired) electrons. The molecular formula is C29H28O3SSi. The molecule has 172 valence electrons. The van der Waals surface area contributed by atoms with Crippen molar-refractivity contribution in [3.05, 3.63) is 133 Å².